The van der Waals surface area contributed by atoms with E-state index in [1.807, 2.05) is 41.6 Å². The largest absolute Gasteiger partial charge is 0.497 e. The Morgan fingerprint density at radius 1 is 1.00 bits per heavy atom. The minimum atomic E-state index is -0.569. The highest BCUT2D eigenvalue weighted by atomic mass is 32.2. The minimum Gasteiger partial charge on any atom is -0.497 e. The summed E-state index contributed by atoms with van der Waals surface area (Å²) in [7, 11) is 3.20. The lowest BCUT2D eigenvalue weighted by Gasteiger charge is -2.31. The van der Waals surface area contributed by atoms with Crippen molar-refractivity contribution < 1.29 is 18.3 Å². The van der Waals surface area contributed by atoms with Crippen molar-refractivity contribution >= 4 is 23.5 Å². The van der Waals surface area contributed by atoms with Crippen molar-refractivity contribution in [2.24, 2.45) is 0 Å². The summed E-state index contributed by atoms with van der Waals surface area (Å²) in [5.41, 5.74) is 4.33. The maximum atomic E-state index is 14.8. The zero-order valence-electron chi connectivity index (χ0n) is 23.4. The standard InChI is InChI=1S/C31H33F2N5O2S/c1-21-15-31(35-18-27(21)34-17-25-22(7-4-8-26(25)32)19-37-13-6-14-37)41-38(30-10-5-9-29(33)36-30)20-23-11-12-24(39-2)16-28(23)40-3/h4-5,7-12,15-16,18,34H,6,13-14,17,19-20H2,1-3H3. The fraction of sp³-hybridized carbons (Fsp3) is 0.290. The van der Waals surface area contributed by atoms with E-state index < -0.39 is 5.95 Å². The molecule has 1 saturated heterocycles. The van der Waals surface area contributed by atoms with Gasteiger partial charge in [-0.25, -0.2) is 14.4 Å². The van der Waals surface area contributed by atoms with Crippen LogP contribution in [0.4, 0.5) is 20.3 Å². The van der Waals surface area contributed by atoms with Crippen molar-refractivity contribution in [2.45, 2.75) is 38.0 Å². The number of likely N-dealkylation sites (tertiary alicyclic amines) is 1. The summed E-state index contributed by atoms with van der Waals surface area (Å²) in [5, 5.41) is 4.08. The van der Waals surface area contributed by atoms with Gasteiger partial charge >= 0.3 is 0 Å². The van der Waals surface area contributed by atoms with Crippen LogP contribution in [0, 0.1) is 18.7 Å². The van der Waals surface area contributed by atoms with Gasteiger partial charge in [-0.15, -0.1) is 0 Å². The Labute approximate surface area is 243 Å². The Bertz CT molecular complexity index is 1500. The molecule has 0 amide bonds. The summed E-state index contributed by atoms with van der Waals surface area (Å²) in [6.07, 6.45) is 2.94. The van der Waals surface area contributed by atoms with Crippen LogP contribution in [-0.4, -0.2) is 42.2 Å². The maximum Gasteiger partial charge on any atom is 0.214 e. The molecule has 10 heteroatoms. The Morgan fingerprint density at radius 3 is 2.54 bits per heavy atom. The molecule has 1 N–H and O–H groups in total. The summed E-state index contributed by atoms with van der Waals surface area (Å²) in [4.78, 5) is 11.1. The Kier molecular flexibility index (Phi) is 9.21. The maximum absolute atomic E-state index is 14.8. The zero-order chi connectivity index (χ0) is 28.8. The lowest BCUT2D eigenvalue weighted by Crippen LogP contribution is -2.36. The Balaban J connectivity index is 1.34. The number of rotatable bonds is 12. The normalized spacial score (nSPS) is 13.0. The lowest BCUT2D eigenvalue weighted by atomic mass is 10.0. The zero-order valence-corrected chi connectivity index (χ0v) is 24.2. The van der Waals surface area contributed by atoms with Crippen molar-refractivity contribution in [3.05, 3.63) is 101 Å². The van der Waals surface area contributed by atoms with Crippen LogP contribution in [-0.2, 0) is 19.6 Å². The average molecular weight is 578 g/mol. The molecule has 2 aromatic heterocycles. The molecular weight excluding hydrogens is 544 g/mol. The van der Waals surface area contributed by atoms with Crippen molar-refractivity contribution in [3.8, 4) is 11.5 Å². The molecule has 0 unspecified atom stereocenters. The van der Waals surface area contributed by atoms with E-state index in [0.29, 0.717) is 41.0 Å². The van der Waals surface area contributed by atoms with E-state index in [9.17, 15) is 8.78 Å². The molecule has 1 aliphatic heterocycles. The van der Waals surface area contributed by atoms with Crippen molar-refractivity contribution in [1.82, 2.24) is 14.9 Å². The second-order valence-corrected chi connectivity index (χ2v) is 10.9. The summed E-state index contributed by atoms with van der Waals surface area (Å²) in [6.45, 7) is 5.58. The van der Waals surface area contributed by atoms with Gasteiger partial charge in [-0.2, -0.15) is 4.39 Å². The van der Waals surface area contributed by atoms with Crippen LogP contribution in [0.15, 0.2) is 71.9 Å². The molecule has 2 aromatic carbocycles. The van der Waals surface area contributed by atoms with Gasteiger partial charge in [-0.1, -0.05) is 18.2 Å². The summed E-state index contributed by atoms with van der Waals surface area (Å²) < 4.78 is 41.6. The number of aromatic nitrogens is 2. The smallest absolute Gasteiger partial charge is 0.214 e. The average Bonchev–Trinajstić information content (AvgIpc) is 2.95. The van der Waals surface area contributed by atoms with E-state index in [-0.39, 0.29) is 5.82 Å². The Hall–Kier alpha value is -3.89. The Morgan fingerprint density at radius 2 is 1.83 bits per heavy atom. The number of nitrogens with zero attached hydrogens (tertiary/aromatic N) is 4. The summed E-state index contributed by atoms with van der Waals surface area (Å²) >= 11 is 1.35. The van der Waals surface area contributed by atoms with Gasteiger partial charge in [0, 0.05) is 42.2 Å². The molecule has 7 nitrogen and oxygen atoms in total. The molecule has 1 aliphatic rings. The molecule has 0 radical (unpaired) electrons. The highest BCUT2D eigenvalue weighted by Gasteiger charge is 2.19. The number of anilines is 2. The van der Waals surface area contributed by atoms with Gasteiger partial charge in [-0.3, -0.25) is 9.21 Å². The van der Waals surface area contributed by atoms with Gasteiger partial charge in [0.1, 0.15) is 28.2 Å². The number of hydrogen-bond acceptors (Lipinski definition) is 8. The number of halogens is 2. The van der Waals surface area contributed by atoms with Gasteiger partial charge in [-0.05, 0) is 74.0 Å². The summed E-state index contributed by atoms with van der Waals surface area (Å²) in [5.74, 6) is 0.998. The van der Waals surface area contributed by atoms with Gasteiger partial charge in [0.05, 0.1) is 32.6 Å². The number of benzene rings is 2. The lowest BCUT2D eigenvalue weighted by molar-refractivity contribution is 0.172. The van der Waals surface area contributed by atoms with Crippen LogP contribution >= 0.6 is 11.9 Å². The molecule has 0 aliphatic carbocycles. The highest BCUT2D eigenvalue weighted by Crippen LogP contribution is 2.34. The topological polar surface area (TPSA) is 62.8 Å². The van der Waals surface area contributed by atoms with Crippen molar-refractivity contribution in [2.75, 3.05) is 36.9 Å². The number of ether oxygens (including phenoxy) is 2. The number of hydrogen-bond donors (Lipinski definition) is 1. The first-order valence-electron chi connectivity index (χ1n) is 13.4. The van der Waals surface area contributed by atoms with Crippen LogP contribution in [0.2, 0.25) is 0 Å². The second kappa shape index (κ2) is 13.2. The molecule has 41 heavy (non-hydrogen) atoms. The van der Waals surface area contributed by atoms with Crippen LogP contribution in [0.1, 0.15) is 28.7 Å². The number of aryl methyl sites for hydroxylation is 1. The van der Waals surface area contributed by atoms with Crippen molar-refractivity contribution in [1.29, 1.82) is 0 Å². The molecule has 0 saturated carbocycles. The van der Waals surface area contributed by atoms with Crippen molar-refractivity contribution in [3.63, 3.8) is 0 Å². The van der Waals surface area contributed by atoms with E-state index in [1.165, 1.54) is 30.5 Å². The molecule has 5 rings (SSSR count). The van der Waals surface area contributed by atoms with Gasteiger partial charge < -0.3 is 14.8 Å². The number of nitrogens with one attached hydrogen (secondary N) is 1. The highest BCUT2D eigenvalue weighted by molar-refractivity contribution is 8.00. The fourth-order valence-corrected chi connectivity index (χ4v) is 5.58. The molecule has 3 heterocycles. The predicted octanol–water partition coefficient (Wildman–Crippen LogP) is 6.61. The van der Waals surface area contributed by atoms with E-state index in [2.05, 4.69) is 20.2 Å². The first kappa shape index (κ1) is 28.6. The van der Waals surface area contributed by atoms with Gasteiger partial charge in [0.2, 0.25) is 5.95 Å². The third kappa shape index (κ3) is 7.07. The van der Waals surface area contributed by atoms with Gasteiger partial charge in [0.25, 0.3) is 0 Å². The molecule has 0 spiro atoms. The first-order chi connectivity index (χ1) is 19.9. The SMILES string of the molecule is COc1ccc(CN(Sc2cc(C)c(NCc3c(F)cccc3CN3CCC3)cn2)c2cccc(F)n2)c(OC)c1. The third-order valence-corrected chi connectivity index (χ3v) is 8.01. The quantitative estimate of drug-likeness (QED) is 0.149. The molecular formula is C31H33F2N5O2S. The molecule has 1 fully saturated rings. The van der Waals surface area contributed by atoms with E-state index in [0.717, 1.165) is 42.0 Å². The van der Waals surface area contributed by atoms with E-state index in [1.54, 1.807) is 38.6 Å². The molecule has 4 aromatic rings. The van der Waals surface area contributed by atoms with E-state index in [4.69, 9.17) is 9.47 Å². The molecule has 0 bridgehead atoms. The predicted molar refractivity (Wildman–Crippen MR) is 158 cm³/mol. The minimum absolute atomic E-state index is 0.208. The van der Waals surface area contributed by atoms with E-state index >= 15 is 0 Å². The number of methoxy groups -OCH3 is 2. The molecule has 214 valence electrons. The van der Waals surface area contributed by atoms with Gasteiger partial charge in [0.15, 0.2) is 0 Å². The first-order valence-corrected chi connectivity index (χ1v) is 14.2. The third-order valence-electron chi connectivity index (χ3n) is 7.07. The molecule has 0 atom stereocenters. The second-order valence-electron chi connectivity index (χ2n) is 9.82. The van der Waals surface area contributed by atoms with Crippen LogP contribution in [0.5, 0.6) is 11.5 Å². The summed E-state index contributed by atoms with van der Waals surface area (Å²) in [6, 6.07) is 17.5. The van der Waals surface area contributed by atoms with Crippen LogP contribution in [0.25, 0.3) is 0 Å². The monoisotopic (exact) mass is 577 g/mol. The fourth-order valence-electron chi connectivity index (χ4n) is 4.63. The van der Waals surface area contributed by atoms with Crippen LogP contribution < -0.4 is 19.1 Å². The number of pyridine rings is 2. The van der Waals surface area contributed by atoms with Crippen LogP contribution in [0.3, 0.4) is 0 Å².